The summed E-state index contributed by atoms with van der Waals surface area (Å²) in [5.41, 5.74) is 4.91. The zero-order valence-electron chi connectivity index (χ0n) is 19.6. The second-order valence-electron chi connectivity index (χ2n) is 8.93. The van der Waals surface area contributed by atoms with Crippen molar-refractivity contribution >= 4 is 16.8 Å². The predicted octanol–water partition coefficient (Wildman–Crippen LogP) is 3.99. The first kappa shape index (κ1) is 24.1. The molecule has 178 valence electrons. The van der Waals surface area contributed by atoms with Crippen molar-refractivity contribution in [3.8, 4) is 22.6 Å². The zero-order chi connectivity index (χ0) is 23.2. The standard InChI is InChI=1S/C27H27NO4S.H2O/c1-18-20(5-4-6-23(18)19-7-10-22(11-8-19)33(30)28(2)3)15-26(29)27(13-14-27)21-9-12-24-25(16-21)32-17-31-24;/h4-12,16H,13-15,17H2,1-3H3;1H2. The molecule has 5 rings (SSSR count). The Morgan fingerprint density at radius 1 is 1.00 bits per heavy atom. The third-order valence-electron chi connectivity index (χ3n) is 6.70. The summed E-state index contributed by atoms with van der Waals surface area (Å²) < 4.78 is 24.9. The van der Waals surface area contributed by atoms with E-state index in [4.69, 9.17) is 9.47 Å². The number of carbonyl (C=O) groups is 1. The van der Waals surface area contributed by atoms with E-state index < -0.39 is 16.4 Å². The molecule has 2 N–H and O–H groups in total. The molecular weight excluding hydrogens is 450 g/mol. The second-order valence-corrected chi connectivity index (χ2v) is 10.6. The van der Waals surface area contributed by atoms with Crippen LogP contribution in [0.1, 0.15) is 29.5 Å². The Labute approximate surface area is 202 Å². The molecule has 1 unspecified atom stereocenters. The van der Waals surface area contributed by atoms with Crippen LogP contribution in [0, 0.1) is 6.92 Å². The van der Waals surface area contributed by atoms with Crippen LogP contribution in [0.4, 0.5) is 0 Å². The quantitative estimate of drug-likeness (QED) is 0.513. The maximum atomic E-state index is 13.5. The van der Waals surface area contributed by atoms with Crippen molar-refractivity contribution in [2.75, 3.05) is 20.9 Å². The minimum absolute atomic E-state index is 0. The lowest BCUT2D eigenvalue weighted by atomic mass is 9.86. The number of carbonyl (C=O) groups excluding carboxylic acids is 1. The molecule has 0 saturated heterocycles. The lowest BCUT2D eigenvalue weighted by Crippen LogP contribution is -2.23. The number of hydrogen-bond acceptors (Lipinski definition) is 4. The lowest BCUT2D eigenvalue weighted by molar-refractivity contribution is -0.120. The monoisotopic (exact) mass is 479 g/mol. The van der Waals surface area contributed by atoms with Gasteiger partial charge in [0.25, 0.3) is 0 Å². The van der Waals surface area contributed by atoms with Gasteiger partial charge in [0.15, 0.2) is 11.5 Å². The third kappa shape index (κ3) is 4.27. The molecule has 2 aliphatic rings. The molecule has 1 saturated carbocycles. The summed E-state index contributed by atoms with van der Waals surface area (Å²) in [5, 5.41) is 0. The summed E-state index contributed by atoms with van der Waals surface area (Å²) in [6.07, 6.45) is 2.14. The second kappa shape index (κ2) is 9.33. The summed E-state index contributed by atoms with van der Waals surface area (Å²) in [6.45, 7) is 2.31. The van der Waals surface area contributed by atoms with Crippen LogP contribution in [-0.4, -0.2) is 40.7 Å². The van der Waals surface area contributed by atoms with Gasteiger partial charge in [-0.3, -0.25) is 4.79 Å². The molecule has 1 heterocycles. The van der Waals surface area contributed by atoms with E-state index in [9.17, 15) is 9.00 Å². The van der Waals surface area contributed by atoms with Crippen LogP contribution in [0.25, 0.3) is 11.1 Å². The highest BCUT2D eigenvalue weighted by Gasteiger charge is 2.50. The van der Waals surface area contributed by atoms with Crippen molar-refractivity contribution in [3.05, 3.63) is 77.4 Å². The highest BCUT2D eigenvalue weighted by Crippen LogP contribution is 2.51. The first-order valence-corrected chi connectivity index (χ1v) is 12.2. The van der Waals surface area contributed by atoms with Gasteiger partial charge < -0.3 is 14.9 Å². The van der Waals surface area contributed by atoms with Gasteiger partial charge in [0.1, 0.15) is 16.8 Å². The molecule has 1 fully saturated rings. The minimum Gasteiger partial charge on any atom is -0.454 e. The van der Waals surface area contributed by atoms with Crippen LogP contribution in [0.5, 0.6) is 11.5 Å². The van der Waals surface area contributed by atoms with Gasteiger partial charge in [-0.15, -0.1) is 0 Å². The number of fused-ring (bicyclic) bond motifs is 1. The molecule has 3 aromatic carbocycles. The highest BCUT2D eigenvalue weighted by molar-refractivity contribution is 7.82. The largest absolute Gasteiger partial charge is 0.454 e. The maximum Gasteiger partial charge on any atom is 0.231 e. The molecular formula is C27H29NO5S. The van der Waals surface area contributed by atoms with Crippen molar-refractivity contribution in [1.82, 2.24) is 4.31 Å². The molecule has 0 amide bonds. The number of hydrogen-bond donors (Lipinski definition) is 0. The van der Waals surface area contributed by atoms with Crippen LogP contribution in [-0.2, 0) is 27.6 Å². The Hall–Kier alpha value is -3.00. The number of benzene rings is 3. The fourth-order valence-corrected chi connectivity index (χ4v) is 5.33. The van der Waals surface area contributed by atoms with Gasteiger partial charge in [-0.2, -0.15) is 0 Å². The Bertz CT molecular complexity index is 1250. The number of ketones is 1. The first-order valence-electron chi connectivity index (χ1n) is 11.1. The number of Topliss-reactive ketones (excluding diaryl/α,β-unsaturated/α-hetero) is 1. The van der Waals surface area contributed by atoms with Crippen LogP contribution in [0.3, 0.4) is 0 Å². The highest BCUT2D eigenvalue weighted by atomic mass is 32.2. The Balaban J connectivity index is 0.00000274. The van der Waals surface area contributed by atoms with Crippen molar-refractivity contribution in [1.29, 1.82) is 0 Å². The van der Waals surface area contributed by atoms with E-state index in [0.29, 0.717) is 6.42 Å². The summed E-state index contributed by atoms with van der Waals surface area (Å²) in [6, 6.07) is 19.8. The van der Waals surface area contributed by atoms with Crippen molar-refractivity contribution in [3.63, 3.8) is 0 Å². The average Bonchev–Trinajstić information content (AvgIpc) is 3.51. The number of rotatable bonds is 7. The van der Waals surface area contributed by atoms with E-state index in [0.717, 1.165) is 57.1 Å². The maximum absolute atomic E-state index is 13.5. The van der Waals surface area contributed by atoms with Gasteiger partial charge >= 0.3 is 0 Å². The Morgan fingerprint density at radius 3 is 2.38 bits per heavy atom. The van der Waals surface area contributed by atoms with Gasteiger partial charge in [0.2, 0.25) is 6.79 Å². The van der Waals surface area contributed by atoms with Crippen LogP contribution in [0.2, 0.25) is 0 Å². The predicted molar refractivity (Wildman–Crippen MR) is 133 cm³/mol. The molecule has 34 heavy (non-hydrogen) atoms. The van der Waals surface area contributed by atoms with E-state index in [2.05, 4.69) is 13.0 Å². The molecule has 7 heteroatoms. The average molecular weight is 480 g/mol. The molecule has 0 aromatic heterocycles. The van der Waals surface area contributed by atoms with E-state index in [1.165, 1.54) is 0 Å². The number of nitrogens with zero attached hydrogens (tertiary/aromatic N) is 1. The van der Waals surface area contributed by atoms with Crippen molar-refractivity contribution < 1.29 is 24.0 Å². The third-order valence-corrected chi connectivity index (χ3v) is 8.04. The summed E-state index contributed by atoms with van der Waals surface area (Å²) >= 11 is 0. The smallest absolute Gasteiger partial charge is 0.231 e. The molecule has 1 aliphatic heterocycles. The molecule has 0 spiro atoms. The van der Waals surface area contributed by atoms with E-state index in [1.54, 1.807) is 18.4 Å². The van der Waals surface area contributed by atoms with Crippen LogP contribution < -0.4 is 9.47 Å². The van der Waals surface area contributed by atoms with Crippen molar-refractivity contribution in [2.24, 2.45) is 0 Å². The number of ether oxygens (including phenoxy) is 2. The van der Waals surface area contributed by atoms with E-state index in [-0.39, 0.29) is 18.1 Å². The minimum atomic E-state index is -1.17. The summed E-state index contributed by atoms with van der Waals surface area (Å²) in [7, 11) is 2.43. The molecule has 6 nitrogen and oxygen atoms in total. The SMILES string of the molecule is Cc1c(CC(=O)C2(c3ccc4c(c3)OCO4)CC2)cccc1-c1ccc(S(=O)N(C)C)cc1.O. The molecule has 1 atom stereocenters. The Kier molecular flexibility index (Phi) is 6.62. The molecule has 3 aromatic rings. The molecule has 0 radical (unpaired) electrons. The fraction of sp³-hybridized carbons (Fsp3) is 0.296. The summed E-state index contributed by atoms with van der Waals surface area (Å²) in [5.74, 6) is 1.72. The normalized spacial score (nSPS) is 16.1. The molecule has 0 bridgehead atoms. The van der Waals surface area contributed by atoms with E-state index >= 15 is 0 Å². The topological polar surface area (TPSA) is 87.3 Å². The fourth-order valence-electron chi connectivity index (χ4n) is 4.54. The van der Waals surface area contributed by atoms with Crippen molar-refractivity contribution in [2.45, 2.75) is 36.5 Å². The van der Waals surface area contributed by atoms with Gasteiger partial charge in [-0.05, 0) is 85.9 Å². The summed E-state index contributed by atoms with van der Waals surface area (Å²) in [4.78, 5) is 14.2. The van der Waals surface area contributed by atoms with Gasteiger partial charge in [0.05, 0.1) is 10.3 Å². The zero-order valence-corrected chi connectivity index (χ0v) is 20.4. The van der Waals surface area contributed by atoms with Gasteiger partial charge in [-0.25, -0.2) is 8.51 Å². The van der Waals surface area contributed by atoms with Gasteiger partial charge in [0, 0.05) is 6.42 Å². The van der Waals surface area contributed by atoms with Crippen LogP contribution >= 0.6 is 0 Å². The first-order chi connectivity index (χ1) is 15.9. The van der Waals surface area contributed by atoms with Gasteiger partial charge in [-0.1, -0.05) is 36.4 Å². The lowest BCUT2D eigenvalue weighted by Gasteiger charge is -2.17. The Morgan fingerprint density at radius 2 is 1.71 bits per heavy atom. The van der Waals surface area contributed by atoms with E-state index in [1.807, 2.05) is 54.6 Å². The molecule has 1 aliphatic carbocycles. The van der Waals surface area contributed by atoms with Crippen LogP contribution in [0.15, 0.2) is 65.6 Å².